The monoisotopic (exact) mass is 754 g/mol. The lowest BCUT2D eigenvalue weighted by atomic mass is 9.95. The number of carboxylic acid groups (broad SMARTS) is 1. The number of ether oxygens (including phenoxy) is 3. The highest BCUT2D eigenvalue weighted by molar-refractivity contribution is 8.00. The molecule has 284 valence electrons. The Bertz CT molecular complexity index is 1980. The van der Waals surface area contributed by atoms with E-state index in [1.165, 1.54) is 11.1 Å². The molecule has 8 rings (SSSR count). The first kappa shape index (κ1) is 37.4. The van der Waals surface area contributed by atoms with Gasteiger partial charge in [0.25, 0.3) is 0 Å². The van der Waals surface area contributed by atoms with Crippen molar-refractivity contribution in [2.24, 2.45) is 11.8 Å². The molecule has 3 N–H and O–H groups in total. The van der Waals surface area contributed by atoms with Crippen LogP contribution in [0, 0.1) is 11.8 Å². The first-order chi connectivity index (χ1) is 26.3. The van der Waals surface area contributed by atoms with Gasteiger partial charge in [0.05, 0.1) is 35.7 Å². The number of nitrogens with one attached hydrogen (secondary N) is 2. The number of pyridine rings is 2. The van der Waals surface area contributed by atoms with E-state index in [0.717, 1.165) is 99.9 Å². The van der Waals surface area contributed by atoms with Gasteiger partial charge in [0, 0.05) is 36.2 Å². The van der Waals surface area contributed by atoms with Gasteiger partial charge in [-0.1, -0.05) is 12.1 Å². The number of nitrogens with zero attached hydrogens (tertiary/aromatic N) is 4. The maximum absolute atomic E-state index is 13.0. The van der Waals surface area contributed by atoms with Crippen LogP contribution in [0.3, 0.4) is 0 Å². The first-order valence-electron chi connectivity index (χ1n) is 18.5. The molecule has 14 heteroatoms. The topological polar surface area (TPSA) is 155 Å². The third-order valence-electron chi connectivity index (χ3n) is 10.5. The minimum absolute atomic E-state index is 0.0268. The van der Waals surface area contributed by atoms with Crippen molar-refractivity contribution < 1.29 is 33.7 Å². The van der Waals surface area contributed by atoms with Gasteiger partial charge in [-0.3, -0.25) is 19.4 Å². The van der Waals surface area contributed by atoms with Gasteiger partial charge in [-0.15, -0.1) is 11.8 Å². The van der Waals surface area contributed by atoms with Crippen molar-refractivity contribution in [3.8, 4) is 17.4 Å². The molecule has 0 radical (unpaired) electrons. The Hall–Kier alpha value is -4.92. The highest BCUT2D eigenvalue weighted by Crippen LogP contribution is 2.34. The molecule has 54 heavy (non-hydrogen) atoms. The number of rotatable bonds is 10. The van der Waals surface area contributed by atoms with Crippen molar-refractivity contribution in [1.29, 1.82) is 0 Å². The lowest BCUT2D eigenvalue weighted by molar-refractivity contribution is -0.143. The molecule has 2 aromatic carbocycles. The van der Waals surface area contributed by atoms with Crippen molar-refractivity contribution in [2.75, 3.05) is 69.6 Å². The van der Waals surface area contributed by atoms with Gasteiger partial charge in [-0.25, -0.2) is 4.98 Å². The average molecular weight is 755 g/mol. The Labute approximate surface area is 318 Å². The zero-order valence-corrected chi connectivity index (χ0v) is 31.2. The predicted octanol–water partition coefficient (Wildman–Crippen LogP) is 5.33. The Balaban J connectivity index is 0.000000191. The number of likely N-dealkylation sites (tertiary alicyclic amines) is 2. The van der Waals surface area contributed by atoms with Crippen molar-refractivity contribution in [3.05, 3.63) is 71.9 Å². The number of carbonyl (C=O) groups excluding carboxylic acids is 2. The van der Waals surface area contributed by atoms with Crippen molar-refractivity contribution in [3.63, 3.8) is 0 Å². The van der Waals surface area contributed by atoms with Crippen molar-refractivity contribution >= 4 is 52.0 Å². The molecular formula is C40H46N6O7S. The Morgan fingerprint density at radius 3 is 2.31 bits per heavy atom. The third-order valence-corrected chi connectivity index (χ3v) is 11.5. The first-order valence-corrected chi connectivity index (χ1v) is 19.5. The van der Waals surface area contributed by atoms with Gasteiger partial charge in [0.15, 0.2) is 11.5 Å². The minimum atomic E-state index is -0.652. The second-order valence-electron chi connectivity index (χ2n) is 14.0. The zero-order chi connectivity index (χ0) is 37.4. The zero-order valence-electron chi connectivity index (χ0n) is 30.4. The average Bonchev–Trinajstić information content (AvgIpc) is 3.68. The van der Waals surface area contributed by atoms with Crippen molar-refractivity contribution in [1.82, 2.24) is 19.8 Å². The van der Waals surface area contributed by atoms with E-state index in [1.54, 1.807) is 37.2 Å². The number of thioether (sulfide) groups is 1. The van der Waals surface area contributed by atoms with Crippen molar-refractivity contribution in [2.45, 2.75) is 43.4 Å². The molecule has 2 fully saturated rings. The summed E-state index contributed by atoms with van der Waals surface area (Å²) in [6.07, 6.45) is 6.72. The van der Waals surface area contributed by atoms with E-state index in [-0.39, 0.29) is 23.7 Å². The van der Waals surface area contributed by atoms with Crippen LogP contribution in [0.4, 0.5) is 11.4 Å². The maximum atomic E-state index is 13.0. The normalized spacial score (nSPS) is 17.6. The van der Waals surface area contributed by atoms with E-state index in [1.807, 2.05) is 18.2 Å². The molecule has 2 saturated heterocycles. The second-order valence-corrected chi connectivity index (χ2v) is 15.0. The maximum Gasteiger partial charge on any atom is 0.306 e. The van der Waals surface area contributed by atoms with E-state index in [9.17, 15) is 14.4 Å². The van der Waals surface area contributed by atoms with Gasteiger partial charge >= 0.3 is 5.97 Å². The second kappa shape index (κ2) is 17.5. The van der Waals surface area contributed by atoms with E-state index >= 15 is 0 Å². The molecule has 4 aliphatic heterocycles. The number of anilines is 2. The largest absolute Gasteiger partial charge is 0.481 e. The number of carbonyl (C=O) groups is 3. The van der Waals surface area contributed by atoms with E-state index < -0.39 is 5.97 Å². The number of hydrogen-bond acceptors (Lipinski definition) is 11. The Morgan fingerprint density at radius 2 is 1.59 bits per heavy atom. The SMILES string of the molecule is COc1ccc2nccc(NC(=O)C3CCN(CCc4ccc5c(c4)NC(=O)CS5)CC3)c2n1.O=C(O)C1CCN(CCc2ccc3c(c2)OCO3)CC1. The Kier molecular flexibility index (Phi) is 12.1. The van der Waals surface area contributed by atoms with Crippen LogP contribution < -0.4 is 24.8 Å². The summed E-state index contributed by atoms with van der Waals surface area (Å²) in [5, 5.41) is 15.0. The lowest BCUT2D eigenvalue weighted by Gasteiger charge is -2.31. The van der Waals surface area contributed by atoms with Gasteiger partial charge < -0.3 is 39.8 Å². The van der Waals surface area contributed by atoms with Crippen LogP contribution in [0.2, 0.25) is 0 Å². The van der Waals surface area contributed by atoms with Crippen LogP contribution in [0.5, 0.6) is 17.4 Å². The van der Waals surface area contributed by atoms with Crippen LogP contribution in [0.25, 0.3) is 11.0 Å². The summed E-state index contributed by atoms with van der Waals surface area (Å²) in [6.45, 7) is 5.74. The minimum Gasteiger partial charge on any atom is -0.481 e. The summed E-state index contributed by atoms with van der Waals surface area (Å²) < 4.78 is 15.9. The van der Waals surface area contributed by atoms with E-state index in [2.05, 4.69) is 54.7 Å². The molecule has 2 aromatic heterocycles. The molecular weight excluding hydrogens is 709 g/mol. The number of carboxylic acids is 1. The number of benzene rings is 2. The molecule has 0 saturated carbocycles. The summed E-state index contributed by atoms with van der Waals surface area (Å²) in [7, 11) is 1.57. The molecule has 4 aromatic rings. The van der Waals surface area contributed by atoms with Gasteiger partial charge in [0.1, 0.15) is 5.52 Å². The highest BCUT2D eigenvalue weighted by Gasteiger charge is 2.26. The van der Waals surface area contributed by atoms with Gasteiger partial charge in [0.2, 0.25) is 24.5 Å². The highest BCUT2D eigenvalue weighted by atomic mass is 32.2. The summed E-state index contributed by atoms with van der Waals surface area (Å²) in [4.78, 5) is 50.2. The van der Waals surface area contributed by atoms with Crippen LogP contribution in [-0.2, 0) is 27.2 Å². The fourth-order valence-corrected chi connectivity index (χ4v) is 8.02. The number of methoxy groups -OCH3 is 1. The van der Waals surface area contributed by atoms with Crippen LogP contribution in [-0.4, -0.2) is 102 Å². The molecule has 2 amide bonds. The summed E-state index contributed by atoms with van der Waals surface area (Å²) >= 11 is 1.58. The third kappa shape index (κ3) is 9.41. The smallest absolute Gasteiger partial charge is 0.306 e. The number of piperidine rings is 2. The number of aromatic nitrogens is 2. The Morgan fingerprint density at radius 1 is 0.907 bits per heavy atom. The number of amides is 2. The molecule has 0 atom stereocenters. The molecule has 6 heterocycles. The molecule has 0 unspecified atom stereocenters. The number of hydrogen-bond donors (Lipinski definition) is 3. The summed E-state index contributed by atoms with van der Waals surface area (Å²) in [5.74, 6) is 1.87. The molecule has 13 nitrogen and oxygen atoms in total. The molecule has 0 spiro atoms. The lowest BCUT2D eigenvalue weighted by Crippen LogP contribution is -2.39. The van der Waals surface area contributed by atoms with Gasteiger partial charge in [-0.05, 0) is 112 Å². The molecule has 0 bridgehead atoms. The van der Waals surface area contributed by atoms with Crippen LogP contribution in [0.15, 0.2) is 65.7 Å². The van der Waals surface area contributed by atoms with Crippen LogP contribution >= 0.6 is 11.8 Å². The quantitative estimate of drug-likeness (QED) is 0.192. The van der Waals surface area contributed by atoms with Crippen LogP contribution in [0.1, 0.15) is 36.8 Å². The standard InChI is InChI=1S/C25H27N5O3S.C15H19NO4/c1-33-23-5-3-18-24(29-23)19(6-10-26-18)28-25(32)17-8-12-30(13-9-17)11-7-16-2-4-21-20(14-16)27-22(31)15-34-21;17-15(18)12-4-7-16(8-5-12)6-3-11-1-2-13-14(9-11)20-10-19-13/h2-6,10,14,17H,7-9,11-13,15H2,1H3,(H,27,31)(H,26,28,32);1-2,9,12H,3-8,10H2,(H,17,18). The molecule has 4 aliphatic rings. The van der Waals surface area contributed by atoms with E-state index in [4.69, 9.17) is 19.3 Å². The summed E-state index contributed by atoms with van der Waals surface area (Å²) in [6, 6.07) is 17.8. The molecule has 0 aliphatic carbocycles. The summed E-state index contributed by atoms with van der Waals surface area (Å²) in [5.41, 5.74) is 5.38. The van der Waals surface area contributed by atoms with Gasteiger partial charge in [-0.2, -0.15) is 0 Å². The number of fused-ring (bicyclic) bond motifs is 3. The fraction of sp³-hybridized carbons (Fsp3) is 0.425. The number of aliphatic carboxylic acids is 1. The fourth-order valence-electron chi connectivity index (χ4n) is 7.24. The predicted molar refractivity (Wildman–Crippen MR) is 206 cm³/mol. The van der Waals surface area contributed by atoms with E-state index in [0.29, 0.717) is 35.1 Å².